The molecule has 0 saturated carbocycles. The number of nitrogens with zero attached hydrogens (tertiary/aromatic N) is 3. The lowest BCUT2D eigenvalue weighted by Crippen LogP contribution is -2.25. The van der Waals surface area contributed by atoms with Crippen LogP contribution in [0.15, 0.2) is 22.7 Å². The summed E-state index contributed by atoms with van der Waals surface area (Å²) < 4.78 is 7.66. The summed E-state index contributed by atoms with van der Waals surface area (Å²) in [5.74, 6) is 1.73. The highest BCUT2D eigenvalue weighted by Crippen LogP contribution is 2.29. The van der Waals surface area contributed by atoms with Gasteiger partial charge in [-0.1, -0.05) is 11.6 Å². The molecule has 0 aliphatic heterocycles. The SMILES string of the molecule is CNC(c1ccc(C)o1)c1c(Cl)cnn1CCN(C)C. The molecular formula is C14H21ClN4O. The highest BCUT2D eigenvalue weighted by atomic mass is 35.5. The minimum Gasteiger partial charge on any atom is -0.464 e. The van der Waals surface area contributed by atoms with Crippen LogP contribution >= 0.6 is 11.6 Å². The van der Waals surface area contributed by atoms with Crippen LogP contribution in [0.3, 0.4) is 0 Å². The molecule has 2 rings (SSSR count). The summed E-state index contributed by atoms with van der Waals surface area (Å²) >= 11 is 6.31. The van der Waals surface area contributed by atoms with Crippen LogP contribution in [0.25, 0.3) is 0 Å². The maximum Gasteiger partial charge on any atom is 0.127 e. The number of halogens is 1. The second kappa shape index (κ2) is 6.43. The minimum atomic E-state index is -0.0964. The third kappa shape index (κ3) is 3.23. The van der Waals surface area contributed by atoms with Gasteiger partial charge in [-0.25, -0.2) is 0 Å². The lowest BCUT2D eigenvalue weighted by molar-refractivity contribution is 0.361. The van der Waals surface area contributed by atoms with E-state index in [0.29, 0.717) is 5.02 Å². The Hall–Kier alpha value is -1.30. The average Bonchev–Trinajstić information content (AvgIpc) is 2.97. The van der Waals surface area contributed by atoms with Crippen LogP contribution in [0.5, 0.6) is 0 Å². The van der Waals surface area contributed by atoms with E-state index in [1.807, 2.05) is 44.9 Å². The van der Waals surface area contributed by atoms with Crippen LogP contribution in [0, 0.1) is 6.92 Å². The second-order valence-electron chi connectivity index (χ2n) is 5.07. The van der Waals surface area contributed by atoms with Crippen LogP contribution in [0.4, 0.5) is 0 Å². The molecule has 0 aliphatic rings. The standard InChI is InChI=1S/C14H21ClN4O/c1-10-5-6-12(20-10)13(16-2)14-11(15)9-17-19(14)8-7-18(3)4/h5-6,9,13,16H,7-8H2,1-4H3. The van der Waals surface area contributed by atoms with Crippen molar-refractivity contribution in [3.8, 4) is 0 Å². The molecule has 110 valence electrons. The Morgan fingerprint density at radius 1 is 1.45 bits per heavy atom. The first kappa shape index (κ1) is 15.1. The van der Waals surface area contributed by atoms with Gasteiger partial charge in [-0.15, -0.1) is 0 Å². The third-order valence-corrected chi connectivity index (χ3v) is 3.49. The van der Waals surface area contributed by atoms with Crippen molar-refractivity contribution in [1.82, 2.24) is 20.0 Å². The maximum atomic E-state index is 6.31. The number of nitrogens with one attached hydrogen (secondary N) is 1. The van der Waals surface area contributed by atoms with Gasteiger partial charge in [0.1, 0.15) is 17.6 Å². The van der Waals surface area contributed by atoms with Gasteiger partial charge in [0, 0.05) is 6.54 Å². The van der Waals surface area contributed by atoms with Crippen LogP contribution in [-0.2, 0) is 6.54 Å². The zero-order valence-corrected chi connectivity index (χ0v) is 13.1. The molecule has 0 amide bonds. The molecule has 2 aromatic rings. The molecule has 0 aliphatic carbocycles. The van der Waals surface area contributed by atoms with E-state index in [1.54, 1.807) is 6.20 Å². The van der Waals surface area contributed by atoms with Crippen molar-refractivity contribution >= 4 is 11.6 Å². The van der Waals surface area contributed by atoms with Gasteiger partial charge >= 0.3 is 0 Å². The molecule has 0 saturated heterocycles. The third-order valence-electron chi connectivity index (χ3n) is 3.20. The Labute approximate surface area is 124 Å². The van der Waals surface area contributed by atoms with E-state index in [4.69, 9.17) is 16.0 Å². The first-order valence-electron chi connectivity index (χ1n) is 6.62. The van der Waals surface area contributed by atoms with Gasteiger partial charge in [-0.2, -0.15) is 5.10 Å². The molecule has 0 spiro atoms. The van der Waals surface area contributed by atoms with Crippen LogP contribution in [0.2, 0.25) is 5.02 Å². The van der Waals surface area contributed by atoms with Crippen molar-refractivity contribution in [2.75, 3.05) is 27.7 Å². The van der Waals surface area contributed by atoms with Crippen molar-refractivity contribution in [1.29, 1.82) is 0 Å². The van der Waals surface area contributed by atoms with Gasteiger partial charge in [-0.3, -0.25) is 4.68 Å². The summed E-state index contributed by atoms with van der Waals surface area (Å²) in [6, 6.07) is 3.82. The number of hydrogen-bond acceptors (Lipinski definition) is 4. The van der Waals surface area contributed by atoms with Crippen LogP contribution < -0.4 is 5.32 Å². The molecular weight excluding hydrogens is 276 g/mol. The first-order valence-corrected chi connectivity index (χ1v) is 7.00. The van der Waals surface area contributed by atoms with Crippen LogP contribution in [0.1, 0.15) is 23.3 Å². The topological polar surface area (TPSA) is 46.2 Å². The molecule has 0 bridgehead atoms. The highest BCUT2D eigenvalue weighted by Gasteiger charge is 2.23. The smallest absolute Gasteiger partial charge is 0.127 e. The van der Waals surface area contributed by atoms with Gasteiger partial charge < -0.3 is 14.6 Å². The molecule has 2 aromatic heterocycles. The fourth-order valence-corrected chi connectivity index (χ4v) is 2.40. The van der Waals surface area contributed by atoms with Gasteiger partial charge in [0.15, 0.2) is 0 Å². The van der Waals surface area contributed by atoms with Gasteiger partial charge in [-0.05, 0) is 40.2 Å². The molecule has 0 aromatic carbocycles. The van der Waals surface area contributed by atoms with Crippen molar-refractivity contribution in [2.24, 2.45) is 0 Å². The Kier molecular flexibility index (Phi) is 4.86. The highest BCUT2D eigenvalue weighted by molar-refractivity contribution is 6.31. The first-order chi connectivity index (χ1) is 9.52. The van der Waals surface area contributed by atoms with Crippen molar-refractivity contribution < 1.29 is 4.42 Å². The molecule has 6 heteroatoms. The fraction of sp³-hybridized carbons (Fsp3) is 0.500. The average molecular weight is 297 g/mol. The van der Waals surface area contributed by atoms with Gasteiger partial charge in [0.25, 0.3) is 0 Å². The van der Waals surface area contributed by atoms with E-state index < -0.39 is 0 Å². The van der Waals surface area contributed by atoms with E-state index in [9.17, 15) is 0 Å². The lowest BCUT2D eigenvalue weighted by Gasteiger charge is -2.18. The molecule has 1 atom stereocenters. The molecule has 1 N–H and O–H groups in total. The van der Waals surface area contributed by atoms with E-state index in [1.165, 1.54) is 0 Å². The maximum absolute atomic E-state index is 6.31. The summed E-state index contributed by atoms with van der Waals surface area (Å²) in [5, 5.41) is 8.27. The number of aromatic nitrogens is 2. The molecule has 2 heterocycles. The quantitative estimate of drug-likeness (QED) is 0.888. The zero-order valence-electron chi connectivity index (χ0n) is 12.4. The Morgan fingerprint density at radius 2 is 2.20 bits per heavy atom. The van der Waals surface area contributed by atoms with Gasteiger partial charge in [0.2, 0.25) is 0 Å². The number of hydrogen-bond donors (Lipinski definition) is 1. The second-order valence-corrected chi connectivity index (χ2v) is 5.48. The minimum absolute atomic E-state index is 0.0964. The number of furan rings is 1. The Bertz CT molecular complexity index is 561. The molecule has 1 unspecified atom stereocenters. The Balaban J connectivity index is 2.31. The predicted octanol–water partition coefficient (Wildman–Crippen LogP) is 2.31. The Morgan fingerprint density at radius 3 is 2.75 bits per heavy atom. The van der Waals surface area contributed by atoms with E-state index in [0.717, 1.165) is 30.3 Å². The normalized spacial score (nSPS) is 13.1. The van der Waals surface area contributed by atoms with E-state index >= 15 is 0 Å². The van der Waals surface area contributed by atoms with Crippen LogP contribution in [-0.4, -0.2) is 42.4 Å². The lowest BCUT2D eigenvalue weighted by atomic mass is 10.1. The molecule has 0 fully saturated rings. The number of aryl methyl sites for hydroxylation is 1. The fourth-order valence-electron chi connectivity index (χ4n) is 2.15. The number of likely N-dealkylation sites (N-methyl/N-ethyl adjacent to an activating group) is 1. The number of rotatable bonds is 6. The van der Waals surface area contributed by atoms with Gasteiger partial charge in [0.05, 0.1) is 23.5 Å². The van der Waals surface area contributed by atoms with Crippen molar-refractivity contribution in [2.45, 2.75) is 19.5 Å². The molecule has 20 heavy (non-hydrogen) atoms. The summed E-state index contributed by atoms with van der Waals surface area (Å²) in [5.41, 5.74) is 0.936. The summed E-state index contributed by atoms with van der Waals surface area (Å²) in [4.78, 5) is 2.12. The monoisotopic (exact) mass is 296 g/mol. The molecule has 5 nitrogen and oxygen atoms in total. The molecule has 0 radical (unpaired) electrons. The summed E-state index contributed by atoms with van der Waals surface area (Å²) in [7, 11) is 5.97. The summed E-state index contributed by atoms with van der Waals surface area (Å²) in [6.45, 7) is 3.62. The summed E-state index contributed by atoms with van der Waals surface area (Å²) in [6.07, 6.45) is 1.69. The van der Waals surface area contributed by atoms with E-state index in [2.05, 4.69) is 15.3 Å². The largest absolute Gasteiger partial charge is 0.464 e. The zero-order chi connectivity index (χ0) is 14.7. The predicted molar refractivity (Wildman–Crippen MR) is 80.1 cm³/mol. The van der Waals surface area contributed by atoms with Crippen molar-refractivity contribution in [3.63, 3.8) is 0 Å². The van der Waals surface area contributed by atoms with Crippen molar-refractivity contribution in [3.05, 3.63) is 40.6 Å². The van der Waals surface area contributed by atoms with E-state index in [-0.39, 0.29) is 6.04 Å².